The largest absolute Gasteiger partial charge is 0.493 e. The van der Waals surface area contributed by atoms with Gasteiger partial charge in [0.25, 0.3) is 0 Å². The number of halogens is 1. The van der Waals surface area contributed by atoms with Crippen LogP contribution < -0.4 is 9.47 Å². The molecule has 1 fully saturated rings. The molecule has 1 aromatic rings. The molecule has 1 atom stereocenters. The monoisotopic (exact) mass is 285 g/mol. The van der Waals surface area contributed by atoms with Crippen LogP contribution in [0.2, 0.25) is 0 Å². The zero-order valence-electron chi connectivity index (χ0n) is 11.4. The lowest BCUT2D eigenvalue weighted by Crippen LogP contribution is -2.42. The Labute approximate surface area is 119 Å². The molecule has 0 radical (unpaired) electrons. The molecule has 5 heteroatoms. The molecule has 0 aliphatic carbocycles. The first-order valence-electron chi connectivity index (χ1n) is 6.37. The molecule has 106 valence electrons. The Morgan fingerprint density at radius 2 is 2.11 bits per heavy atom. The summed E-state index contributed by atoms with van der Waals surface area (Å²) in [6.45, 7) is 3.42. The van der Waals surface area contributed by atoms with E-state index in [-0.39, 0.29) is 6.10 Å². The minimum atomic E-state index is 0.135. The van der Waals surface area contributed by atoms with Gasteiger partial charge in [-0.15, -0.1) is 11.6 Å². The number of hydrogen-bond acceptors (Lipinski definition) is 4. The fourth-order valence-electron chi connectivity index (χ4n) is 2.25. The van der Waals surface area contributed by atoms with Gasteiger partial charge in [0.2, 0.25) is 0 Å². The molecule has 4 nitrogen and oxygen atoms in total. The van der Waals surface area contributed by atoms with E-state index in [2.05, 4.69) is 11.0 Å². The summed E-state index contributed by atoms with van der Waals surface area (Å²) in [5.41, 5.74) is 1.20. The first-order valence-corrected chi connectivity index (χ1v) is 6.91. The van der Waals surface area contributed by atoms with Crippen molar-refractivity contribution in [3.63, 3.8) is 0 Å². The van der Waals surface area contributed by atoms with E-state index < -0.39 is 0 Å². The molecule has 1 heterocycles. The Morgan fingerprint density at radius 1 is 1.32 bits per heavy atom. The maximum atomic E-state index is 5.85. The number of ether oxygens (including phenoxy) is 3. The van der Waals surface area contributed by atoms with E-state index in [9.17, 15) is 0 Å². The molecule has 2 rings (SSSR count). The van der Waals surface area contributed by atoms with Crippen molar-refractivity contribution in [2.24, 2.45) is 0 Å². The quantitative estimate of drug-likeness (QED) is 0.776. The third-order valence-electron chi connectivity index (χ3n) is 3.25. The van der Waals surface area contributed by atoms with Crippen LogP contribution in [0.15, 0.2) is 18.2 Å². The molecule has 0 bridgehead atoms. The van der Waals surface area contributed by atoms with Gasteiger partial charge in [0.1, 0.15) is 0 Å². The maximum absolute atomic E-state index is 5.85. The van der Waals surface area contributed by atoms with Crippen LogP contribution in [0, 0.1) is 0 Å². The predicted molar refractivity (Wildman–Crippen MR) is 75.3 cm³/mol. The number of rotatable bonds is 5. The Balaban J connectivity index is 2.02. The van der Waals surface area contributed by atoms with Crippen LogP contribution in [0.3, 0.4) is 0 Å². The normalized spacial score (nSPS) is 20.3. The van der Waals surface area contributed by atoms with E-state index in [1.165, 1.54) is 5.56 Å². The SMILES string of the molecule is COc1ccc(CN2CCOC(CCl)C2)cc1OC. The summed E-state index contributed by atoms with van der Waals surface area (Å²) in [5.74, 6) is 2.07. The minimum Gasteiger partial charge on any atom is -0.493 e. The molecule has 0 spiro atoms. The highest BCUT2D eigenvalue weighted by Crippen LogP contribution is 2.28. The molecule has 1 aliphatic rings. The molecule has 0 aromatic heterocycles. The van der Waals surface area contributed by atoms with E-state index >= 15 is 0 Å². The van der Waals surface area contributed by atoms with Crippen LogP contribution in [0.1, 0.15) is 5.56 Å². The predicted octanol–water partition coefficient (Wildman–Crippen LogP) is 2.14. The summed E-state index contributed by atoms with van der Waals surface area (Å²) in [6, 6.07) is 6.02. The molecule has 1 unspecified atom stereocenters. The Morgan fingerprint density at radius 3 is 2.79 bits per heavy atom. The first-order chi connectivity index (χ1) is 9.26. The summed E-state index contributed by atoms with van der Waals surface area (Å²) in [7, 11) is 3.30. The van der Waals surface area contributed by atoms with Gasteiger partial charge in [0.05, 0.1) is 26.9 Å². The first kappa shape index (κ1) is 14.4. The van der Waals surface area contributed by atoms with E-state index in [1.54, 1.807) is 14.2 Å². The van der Waals surface area contributed by atoms with Gasteiger partial charge in [0, 0.05) is 25.5 Å². The van der Waals surface area contributed by atoms with Crippen molar-refractivity contribution in [2.45, 2.75) is 12.6 Å². The van der Waals surface area contributed by atoms with E-state index in [0.717, 1.165) is 37.7 Å². The lowest BCUT2D eigenvalue weighted by atomic mass is 10.1. The van der Waals surface area contributed by atoms with Crippen LogP contribution in [-0.2, 0) is 11.3 Å². The van der Waals surface area contributed by atoms with Crippen molar-refractivity contribution in [2.75, 3.05) is 39.8 Å². The second-order valence-corrected chi connectivity index (χ2v) is 4.88. The highest BCUT2D eigenvalue weighted by molar-refractivity contribution is 6.18. The van der Waals surface area contributed by atoms with E-state index in [0.29, 0.717) is 5.88 Å². The number of methoxy groups -OCH3 is 2. The Kier molecular flexibility index (Phi) is 5.31. The number of benzene rings is 1. The highest BCUT2D eigenvalue weighted by Gasteiger charge is 2.19. The minimum absolute atomic E-state index is 0.135. The topological polar surface area (TPSA) is 30.9 Å². The van der Waals surface area contributed by atoms with Crippen LogP contribution in [0.25, 0.3) is 0 Å². The molecular formula is C14H20ClNO3. The molecule has 1 aromatic carbocycles. The number of nitrogens with zero attached hydrogens (tertiary/aromatic N) is 1. The van der Waals surface area contributed by atoms with Gasteiger partial charge in [0.15, 0.2) is 11.5 Å². The van der Waals surface area contributed by atoms with E-state index in [4.69, 9.17) is 25.8 Å². The molecule has 1 aliphatic heterocycles. The third-order valence-corrected chi connectivity index (χ3v) is 3.59. The zero-order valence-corrected chi connectivity index (χ0v) is 12.2. The average Bonchev–Trinajstić information content (AvgIpc) is 2.47. The Hall–Kier alpha value is -0.970. The summed E-state index contributed by atoms with van der Waals surface area (Å²) >= 11 is 5.85. The van der Waals surface area contributed by atoms with Gasteiger partial charge in [-0.3, -0.25) is 4.90 Å². The smallest absolute Gasteiger partial charge is 0.161 e. The summed E-state index contributed by atoms with van der Waals surface area (Å²) in [5, 5.41) is 0. The summed E-state index contributed by atoms with van der Waals surface area (Å²) in [6.07, 6.45) is 0.135. The van der Waals surface area contributed by atoms with Gasteiger partial charge < -0.3 is 14.2 Å². The van der Waals surface area contributed by atoms with Crippen molar-refractivity contribution in [1.82, 2.24) is 4.90 Å². The van der Waals surface area contributed by atoms with Gasteiger partial charge in [-0.05, 0) is 17.7 Å². The molecule has 1 saturated heterocycles. The summed E-state index contributed by atoms with van der Waals surface area (Å²) < 4.78 is 16.1. The van der Waals surface area contributed by atoms with Crippen LogP contribution in [-0.4, -0.2) is 50.8 Å². The number of alkyl halides is 1. The van der Waals surface area contributed by atoms with Crippen molar-refractivity contribution in [3.05, 3.63) is 23.8 Å². The number of hydrogen-bond donors (Lipinski definition) is 0. The molecule has 19 heavy (non-hydrogen) atoms. The highest BCUT2D eigenvalue weighted by atomic mass is 35.5. The van der Waals surface area contributed by atoms with Gasteiger partial charge in [-0.1, -0.05) is 6.07 Å². The zero-order chi connectivity index (χ0) is 13.7. The van der Waals surface area contributed by atoms with Crippen LogP contribution >= 0.6 is 11.6 Å². The Bertz CT molecular complexity index is 414. The molecular weight excluding hydrogens is 266 g/mol. The number of morpholine rings is 1. The fraction of sp³-hybridized carbons (Fsp3) is 0.571. The van der Waals surface area contributed by atoms with E-state index in [1.807, 2.05) is 12.1 Å². The second kappa shape index (κ2) is 6.98. The van der Waals surface area contributed by atoms with Gasteiger partial charge in [-0.2, -0.15) is 0 Å². The van der Waals surface area contributed by atoms with Crippen molar-refractivity contribution in [1.29, 1.82) is 0 Å². The van der Waals surface area contributed by atoms with Gasteiger partial charge >= 0.3 is 0 Å². The maximum Gasteiger partial charge on any atom is 0.161 e. The summed E-state index contributed by atoms with van der Waals surface area (Å²) in [4.78, 5) is 2.35. The van der Waals surface area contributed by atoms with Crippen molar-refractivity contribution >= 4 is 11.6 Å². The average molecular weight is 286 g/mol. The fourth-order valence-corrected chi connectivity index (χ4v) is 2.44. The van der Waals surface area contributed by atoms with Crippen LogP contribution in [0.4, 0.5) is 0 Å². The lowest BCUT2D eigenvalue weighted by Gasteiger charge is -2.32. The second-order valence-electron chi connectivity index (χ2n) is 4.57. The van der Waals surface area contributed by atoms with Crippen molar-refractivity contribution < 1.29 is 14.2 Å². The van der Waals surface area contributed by atoms with Crippen LogP contribution in [0.5, 0.6) is 11.5 Å². The standard InChI is InChI=1S/C14H20ClNO3/c1-17-13-4-3-11(7-14(13)18-2)9-16-5-6-19-12(8-15)10-16/h3-4,7,12H,5-6,8-10H2,1-2H3. The van der Waals surface area contributed by atoms with Crippen molar-refractivity contribution in [3.8, 4) is 11.5 Å². The lowest BCUT2D eigenvalue weighted by molar-refractivity contribution is -0.0194. The molecule has 0 amide bonds. The molecule has 0 saturated carbocycles. The third kappa shape index (κ3) is 3.75. The molecule has 0 N–H and O–H groups in total. The van der Waals surface area contributed by atoms with Gasteiger partial charge in [-0.25, -0.2) is 0 Å².